The van der Waals surface area contributed by atoms with E-state index in [2.05, 4.69) is 15.5 Å². The van der Waals surface area contributed by atoms with Crippen LogP contribution in [0.4, 0.5) is 4.39 Å². The minimum atomic E-state index is -0.377. The largest absolute Gasteiger partial charge is 0.376 e. The minimum Gasteiger partial charge on any atom is -0.376 e. The van der Waals surface area contributed by atoms with Gasteiger partial charge in [0.25, 0.3) is 5.56 Å². The molecule has 3 aromatic rings. The third-order valence-electron chi connectivity index (χ3n) is 4.69. The van der Waals surface area contributed by atoms with Crippen molar-refractivity contribution in [1.82, 2.24) is 24.5 Å². The molecule has 2 aromatic heterocycles. The number of carbonyl (C=O) groups excluding carboxylic acids is 1. The number of aromatic nitrogens is 4. The zero-order chi connectivity index (χ0) is 20.2. The number of rotatable bonds is 7. The van der Waals surface area contributed by atoms with Gasteiger partial charge in [0.1, 0.15) is 5.82 Å². The molecule has 0 unspecified atom stereocenters. The summed E-state index contributed by atoms with van der Waals surface area (Å²) >= 11 is 1.20. The zero-order valence-electron chi connectivity index (χ0n) is 15.6. The van der Waals surface area contributed by atoms with Crippen molar-refractivity contribution in [3.63, 3.8) is 0 Å². The third-order valence-corrected chi connectivity index (χ3v) is 5.64. The van der Waals surface area contributed by atoms with E-state index in [4.69, 9.17) is 4.74 Å². The van der Waals surface area contributed by atoms with Crippen LogP contribution in [0.1, 0.15) is 18.4 Å². The summed E-state index contributed by atoms with van der Waals surface area (Å²) in [5.74, 6) is -0.340. The molecule has 3 heterocycles. The lowest BCUT2D eigenvalue weighted by atomic mass is 10.2. The van der Waals surface area contributed by atoms with Gasteiger partial charge in [-0.3, -0.25) is 14.0 Å². The molecule has 0 saturated carbocycles. The molecule has 1 N–H and O–H groups in total. The molecule has 1 aliphatic rings. The molecular formula is C19H20FN5O3S. The first-order valence-corrected chi connectivity index (χ1v) is 10.3. The van der Waals surface area contributed by atoms with Crippen molar-refractivity contribution in [2.24, 2.45) is 0 Å². The maximum absolute atomic E-state index is 13.9. The molecule has 1 aliphatic heterocycles. The Morgan fingerprint density at radius 1 is 1.31 bits per heavy atom. The van der Waals surface area contributed by atoms with Gasteiger partial charge in [-0.2, -0.15) is 0 Å². The number of hydrogen-bond acceptors (Lipinski definition) is 6. The molecule has 0 bridgehead atoms. The second-order valence-corrected chi connectivity index (χ2v) is 7.67. The van der Waals surface area contributed by atoms with Gasteiger partial charge < -0.3 is 14.6 Å². The fourth-order valence-corrected chi connectivity index (χ4v) is 3.89. The average Bonchev–Trinajstić information content (AvgIpc) is 3.38. The second-order valence-electron chi connectivity index (χ2n) is 6.73. The van der Waals surface area contributed by atoms with Crippen LogP contribution < -0.4 is 10.9 Å². The van der Waals surface area contributed by atoms with Gasteiger partial charge in [-0.15, -0.1) is 10.2 Å². The van der Waals surface area contributed by atoms with E-state index in [9.17, 15) is 14.0 Å². The monoisotopic (exact) mass is 417 g/mol. The van der Waals surface area contributed by atoms with E-state index >= 15 is 0 Å². The van der Waals surface area contributed by atoms with E-state index in [-0.39, 0.29) is 41.3 Å². The highest BCUT2D eigenvalue weighted by molar-refractivity contribution is 7.99. The lowest BCUT2D eigenvalue weighted by molar-refractivity contribution is -0.119. The Morgan fingerprint density at radius 2 is 2.17 bits per heavy atom. The van der Waals surface area contributed by atoms with Gasteiger partial charge in [-0.1, -0.05) is 30.0 Å². The summed E-state index contributed by atoms with van der Waals surface area (Å²) < 4.78 is 22.3. The molecule has 0 aliphatic carbocycles. The van der Waals surface area contributed by atoms with Crippen LogP contribution in [0.2, 0.25) is 0 Å². The summed E-state index contributed by atoms with van der Waals surface area (Å²) in [6.07, 6.45) is 5.28. The van der Waals surface area contributed by atoms with E-state index in [1.165, 1.54) is 26.8 Å². The Labute approximate surface area is 170 Å². The third kappa shape index (κ3) is 4.48. The minimum absolute atomic E-state index is 0.0887. The van der Waals surface area contributed by atoms with Crippen molar-refractivity contribution < 1.29 is 13.9 Å². The highest BCUT2D eigenvalue weighted by atomic mass is 32.2. The SMILES string of the molecule is O=C(CSc1nnc2c(=O)n(Cc3ccccc3F)ccn12)NC[C@@H]1CCCO1. The number of nitrogens with one attached hydrogen (secondary N) is 1. The van der Waals surface area contributed by atoms with Crippen molar-refractivity contribution >= 4 is 23.3 Å². The molecule has 0 radical (unpaired) electrons. The molecule has 1 aromatic carbocycles. The molecule has 1 saturated heterocycles. The van der Waals surface area contributed by atoms with Gasteiger partial charge in [-0.05, 0) is 18.9 Å². The van der Waals surface area contributed by atoms with Crippen molar-refractivity contribution in [1.29, 1.82) is 0 Å². The van der Waals surface area contributed by atoms with Crippen LogP contribution in [0, 0.1) is 5.82 Å². The summed E-state index contributed by atoms with van der Waals surface area (Å²) in [7, 11) is 0. The number of benzene rings is 1. The van der Waals surface area contributed by atoms with Crippen LogP contribution >= 0.6 is 11.8 Å². The van der Waals surface area contributed by atoms with Gasteiger partial charge in [0, 0.05) is 31.1 Å². The molecule has 1 fully saturated rings. The van der Waals surface area contributed by atoms with Crippen molar-refractivity contribution in [3.8, 4) is 0 Å². The molecule has 8 nitrogen and oxygen atoms in total. The van der Waals surface area contributed by atoms with E-state index in [1.807, 2.05) is 0 Å². The Balaban J connectivity index is 1.42. The molecule has 0 spiro atoms. The normalized spacial score (nSPS) is 16.4. The number of hydrogen-bond donors (Lipinski definition) is 1. The Hall–Kier alpha value is -2.72. The van der Waals surface area contributed by atoms with Crippen LogP contribution in [0.3, 0.4) is 0 Å². The molecular weight excluding hydrogens is 397 g/mol. The number of halogens is 1. The Kier molecular flexibility index (Phi) is 5.91. The molecule has 1 amide bonds. The van der Waals surface area contributed by atoms with E-state index in [0.717, 1.165) is 19.4 Å². The molecule has 10 heteroatoms. The highest BCUT2D eigenvalue weighted by Crippen LogP contribution is 2.16. The number of fused-ring (bicyclic) bond motifs is 1. The standard InChI is InChI=1S/C19H20FN5O3S/c20-15-6-2-1-4-13(15)11-24-7-8-25-17(18(24)27)22-23-19(25)29-12-16(26)21-10-14-5-3-9-28-14/h1-2,4,6-8,14H,3,5,9-12H2,(H,21,26)/t14-/m0/s1. The summed E-state index contributed by atoms with van der Waals surface area (Å²) in [6.45, 7) is 1.35. The lowest BCUT2D eigenvalue weighted by Crippen LogP contribution is -2.32. The summed E-state index contributed by atoms with van der Waals surface area (Å²) in [5.41, 5.74) is 0.167. The van der Waals surface area contributed by atoms with Gasteiger partial charge in [0.05, 0.1) is 18.4 Å². The summed E-state index contributed by atoms with van der Waals surface area (Å²) in [6, 6.07) is 6.31. The van der Waals surface area contributed by atoms with Crippen LogP contribution in [0.25, 0.3) is 5.65 Å². The van der Waals surface area contributed by atoms with E-state index in [1.54, 1.807) is 30.6 Å². The molecule has 4 rings (SSSR count). The number of amides is 1. The topological polar surface area (TPSA) is 90.5 Å². The molecule has 29 heavy (non-hydrogen) atoms. The predicted molar refractivity (Wildman–Crippen MR) is 105 cm³/mol. The highest BCUT2D eigenvalue weighted by Gasteiger charge is 2.17. The second kappa shape index (κ2) is 8.75. The van der Waals surface area contributed by atoms with Crippen LogP contribution in [0.5, 0.6) is 0 Å². The van der Waals surface area contributed by atoms with E-state index in [0.29, 0.717) is 17.3 Å². The Morgan fingerprint density at radius 3 is 2.97 bits per heavy atom. The fraction of sp³-hybridized carbons (Fsp3) is 0.368. The smallest absolute Gasteiger partial charge is 0.296 e. The van der Waals surface area contributed by atoms with Crippen LogP contribution in [0.15, 0.2) is 46.6 Å². The van der Waals surface area contributed by atoms with Gasteiger partial charge in [-0.25, -0.2) is 4.39 Å². The van der Waals surface area contributed by atoms with Crippen molar-refractivity contribution in [2.45, 2.75) is 30.6 Å². The van der Waals surface area contributed by atoms with Crippen LogP contribution in [-0.2, 0) is 16.1 Å². The van der Waals surface area contributed by atoms with Gasteiger partial charge >= 0.3 is 0 Å². The summed E-state index contributed by atoms with van der Waals surface area (Å²) in [4.78, 5) is 24.7. The maximum atomic E-state index is 13.9. The quantitative estimate of drug-likeness (QED) is 0.586. The number of thioether (sulfide) groups is 1. The lowest BCUT2D eigenvalue weighted by Gasteiger charge is -2.10. The van der Waals surface area contributed by atoms with Crippen molar-refractivity contribution in [2.75, 3.05) is 18.9 Å². The zero-order valence-corrected chi connectivity index (χ0v) is 16.4. The van der Waals surface area contributed by atoms with Crippen molar-refractivity contribution in [3.05, 3.63) is 58.4 Å². The first-order chi connectivity index (χ1) is 14.1. The fourth-order valence-electron chi connectivity index (χ4n) is 3.15. The number of ether oxygens (including phenoxy) is 1. The van der Waals surface area contributed by atoms with Crippen LogP contribution in [-0.4, -0.2) is 50.1 Å². The maximum Gasteiger partial charge on any atom is 0.296 e. The summed E-state index contributed by atoms with van der Waals surface area (Å²) in [5, 5.41) is 11.2. The van der Waals surface area contributed by atoms with Gasteiger partial charge in [0.15, 0.2) is 5.16 Å². The number of nitrogens with zero attached hydrogens (tertiary/aromatic N) is 4. The first-order valence-electron chi connectivity index (χ1n) is 9.30. The van der Waals surface area contributed by atoms with Gasteiger partial charge in [0.2, 0.25) is 11.6 Å². The molecule has 1 atom stereocenters. The first kappa shape index (κ1) is 19.6. The average molecular weight is 417 g/mol. The predicted octanol–water partition coefficient (Wildman–Crippen LogP) is 1.47. The van der Waals surface area contributed by atoms with E-state index < -0.39 is 0 Å². The number of carbonyl (C=O) groups is 1. The molecule has 152 valence electrons. The Bertz CT molecular complexity index is 1080.